The third-order valence-corrected chi connectivity index (χ3v) is 6.09. The van der Waals surface area contributed by atoms with Crippen molar-refractivity contribution in [3.63, 3.8) is 0 Å². The zero-order valence-electron chi connectivity index (χ0n) is 18.7. The Kier molecular flexibility index (Phi) is 7.84. The Labute approximate surface area is 191 Å². The molecule has 0 aliphatic heterocycles. The van der Waals surface area contributed by atoms with Crippen molar-refractivity contribution in [3.05, 3.63) is 39.9 Å². The SMILES string of the molecule is CCOc1ncccc1C(=O)OCC(=O)Nc1sc2c(c1C(=O)OC(C)C)CCC(C)C2. The van der Waals surface area contributed by atoms with Crippen LogP contribution in [0.1, 0.15) is 65.3 Å². The Morgan fingerprint density at radius 3 is 2.78 bits per heavy atom. The molecule has 1 atom stereocenters. The lowest BCUT2D eigenvalue weighted by molar-refractivity contribution is -0.119. The maximum atomic E-state index is 12.7. The number of rotatable bonds is 8. The minimum atomic E-state index is -0.713. The van der Waals surface area contributed by atoms with Crippen LogP contribution in [-0.4, -0.2) is 42.1 Å². The minimum absolute atomic E-state index is 0.143. The van der Waals surface area contributed by atoms with Crippen LogP contribution in [0.4, 0.5) is 5.00 Å². The van der Waals surface area contributed by atoms with Gasteiger partial charge in [0.05, 0.1) is 18.3 Å². The third kappa shape index (κ3) is 5.64. The van der Waals surface area contributed by atoms with E-state index in [4.69, 9.17) is 14.2 Å². The number of hydrogen-bond acceptors (Lipinski definition) is 8. The standard InChI is InChI=1S/C23H28N2O6S/c1-5-29-20-16(7-6-10-24-20)22(27)30-12-18(26)25-21-19(23(28)31-13(2)3)15-9-8-14(4)11-17(15)32-21/h6-7,10,13-14H,5,8-9,11-12H2,1-4H3,(H,25,26). The number of pyridine rings is 1. The first-order valence-corrected chi connectivity index (χ1v) is 11.5. The van der Waals surface area contributed by atoms with Gasteiger partial charge in [0.15, 0.2) is 6.61 Å². The molecule has 9 heteroatoms. The highest BCUT2D eigenvalue weighted by Gasteiger charge is 2.30. The summed E-state index contributed by atoms with van der Waals surface area (Å²) in [5, 5.41) is 3.18. The molecule has 1 aliphatic rings. The largest absolute Gasteiger partial charge is 0.477 e. The van der Waals surface area contributed by atoms with Crippen LogP contribution in [-0.2, 0) is 27.1 Å². The summed E-state index contributed by atoms with van der Waals surface area (Å²) in [4.78, 5) is 42.8. The number of esters is 2. The molecule has 0 aromatic carbocycles. The first-order valence-electron chi connectivity index (χ1n) is 10.7. The molecule has 0 saturated heterocycles. The molecule has 0 bridgehead atoms. The molecule has 0 spiro atoms. The lowest BCUT2D eigenvalue weighted by atomic mass is 9.88. The maximum Gasteiger partial charge on any atom is 0.344 e. The van der Waals surface area contributed by atoms with E-state index in [1.807, 2.05) is 0 Å². The van der Waals surface area contributed by atoms with Gasteiger partial charge in [-0.3, -0.25) is 4.79 Å². The number of anilines is 1. The predicted octanol–water partition coefficient (Wildman–Crippen LogP) is 4.03. The molecular formula is C23H28N2O6S. The summed E-state index contributed by atoms with van der Waals surface area (Å²) in [6, 6.07) is 3.11. The zero-order valence-corrected chi connectivity index (χ0v) is 19.5. The second kappa shape index (κ2) is 10.6. The molecule has 1 amide bonds. The smallest absolute Gasteiger partial charge is 0.344 e. The average Bonchev–Trinajstić information content (AvgIpc) is 3.09. The van der Waals surface area contributed by atoms with Crippen LogP contribution in [0.25, 0.3) is 0 Å². The summed E-state index contributed by atoms with van der Waals surface area (Å²) >= 11 is 1.39. The van der Waals surface area contributed by atoms with E-state index in [1.165, 1.54) is 23.6 Å². The summed E-state index contributed by atoms with van der Waals surface area (Å²) in [6.07, 6.45) is 3.83. The molecule has 1 aliphatic carbocycles. The van der Waals surface area contributed by atoms with Crippen LogP contribution in [0, 0.1) is 5.92 Å². The summed E-state index contributed by atoms with van der Waals surface area (Å²) in [5.41, 5.74) is 1.50. The molecule has 0 fully saturated rings. The molecule has 2 aromatic heterocycles. The van der Waals surface area contributed by atoms with Gasteiger partial charge in [0.1, 0.15) is 10.6 Å². The number of fused-ring (bicyclic) bond motifs is 1. The van der Waals surface area contributed by atoms with Gasteiger partial charge < -0.3 is 19.5 Å². The fourth-order valence-electron chi connectivity index (χ4n) is 3.50. The summed E-state index contributed by atoms with van der Waals surface area (Å²) in [7, 11) is 0. The average molecular weight is 461 g/mol. The number of ether oxygens (including phenoxy) is 3. The number of thiophene rings is 1. The Hall–Kier alpha value is -2.94. The number of amides is 1. The Balaban J connectivity index is 1.72. The van der Waals surface area contributed by atoms with Crippen LogP contribution in [0.5, 0.6) is 5.88 Å². The Morgan fingerprint density at radius 1 is 1.28 bits per heavy atom. The Bertz CT molecular complexity index is 1000. The van der Waals surface area contributed by atoms with Gasteiger partial charge in [-0.15, -0.1) is 11.3 Å². The van der Waals surface area contributed by atoms with Crippen molar-refractivity contribution >= 4 is 34.2 Å². The van der Waals surface area contributed by atoms with Crippen molar-refractivity contribution < 1.29 is 28.6 Å². The van der Waals surface area contributed by atoms with Gasteiger partial charge in [-0.2, -0.15) is 0 Å². The van der Waals surface area contributed by atoms with Crippen molar-refractivity contribution in [2.24, 2.45) is 5.92 Å². The van der Waals surface area contributed by atoms with Crippen molar-refractivity contribution in [3.8, 4) is 5.88 Å². The monoisotopic (exact) mass is 460 g/mol. The molecule has 172 valence electrons. The van der Waals surface area contributed by atoms with E-state index < -0.39 is 24.5 Å². The summed E-state index contributed by atoms with van der Waals surface area (Å²) < 4.78 is 15.9. The second-order valence-electron chi connectivity index (χ2n) is 7.92. The number of nitrogens with one attached hydrogen (secondary N) is 1. The Morgan fingerprint density at radius 2 is 2.06 bits per heavy atom. The fraction of sp³-hybridized carbons (Fsp3) is 0.478. The van der Waals surface area contributed by atoms with Crippen LogP contribution in [0.2, 0.25) is 0 Å². The van der Waals surface area contributed by atoms with Gasteiger partial charge >= 0.3 is 11.9 Å². The first-order chi connectivity index (χ1) is 15.3. The highest BCUT2D eigenvalue weighted by Crippen LogP contribution is 2.40. The van der Waals surface area contributed by atoms with Crippen LogP contribution >= 0.6 is 11.3 Å². The van der Waals surface area contributed by atoms with Gasteiger partial charge in [0.25, 0.3) is 5.91 Å². The molecule has 2 aromatic rings. The molecule has 2 heterocycles. The normalized spacial score (nSPS) is 15.1. The molecule has 8 nitrogen and oxygen atoms in total. The lowest BCUT2D eigenvalue weighted by Gasteiger charge is -2.18. The topological polar surface area (TPSA) is 104 Å². The van der Waals surface area contributed by atoms with E-state index in [1.54, 1.807) is 26.8 Å². The number of carbonyl (C=O) groups is 3. The highest BCUT2D eigenvalue weighted by molar-refractivity contribution is 7.17. The van der Waals surface area contributed by atoms with E-state index in [9.17, 15) is 14.4 Å². The van der Waals surface area contributed by atoms with Crippen LogP contribution < -0.4 is 10.1 Å². The van der Waals surface area contributed by atoms with E-state index in [2.05, 4.69) is 17.2 Å². The fourth-order valence-corrected chi connectivity index (χ4v) is 4.91. The van der Waals surface area contributed by atoms with Gasteiger partial charge in [-0.1, -0.05) is 6.92 Å². The molecule has 3 rings (SSSR count). The maximum absolute atomic E-state index is 12.7. The first kappa shape index (κ1) is 23.7. The number of carbonyl (C=O) groups excluding carboxylic acids is 3. The van der Waals surface area contributed by atoms with Crippen molar-refractivity contribution in [2.75, 3.05) is 18.5 Å². The number of aromatic nitrogens is 1. The van der Waals surface area contributed by atoms with E-state index in [-0.39, 0.29) is 17.5 Å². The summed E-state index contributed by atoms with van der Waals surface area (Å²) in [5.74, 6) is -1.03. The quantitative estimate of drug-likeness (QED) is 0.593. The lowest BCUT2D eigenvalue weighted by Crippen LogP contribution is -2.23. The molecule has 32 heavy (non-hydrogen) atoms. The van der Waals surface area contributed by atoms with Gasteiger partial charge in [0, 0.05) is 11.1 Å². The molecule has 0 radical (unpaired) electrons. The second-order valence-corrected chi connectivity index (χ2v) is 9.03. The van der Waals surface area contributed by atoms with Crippen molar-refractivity contribution in [2.45, 2.75) is 53.1 Å². The van der Waals surface area contributed by atoms with E-state index in [0.29, 0.717) is 23.1 Å². The van der Waals surface area contributed by atoms with Crippen LogP contribution in [0.3, 0.4) is 0 Å². The molecule has 1 N–H and O–H groups in total. The number of nitrogens with zero attached hydrogens (tertiary/aromatic N) is 1. The third-order valence-electron chi connectivity index (χ3n) is 4.92. The van der Waals surface area contributed by atoms with Crippen molar-refractivity contribution in [1.82, 2.24) is 4.98 Å². The zero-order chi connectivity index (χ0) is 23.3. The van der Waals surface area contributed by atoms with Gasteiger partial charge in [-0.25, -0.2) is 14.6 Å². The number of hydrogen-bond donors (Lipinski definition) is 1. The minimum Gasteiger partial charge on any atom is -0.477 e. The van der Waals surface area contributed by atoms with Gasteiger partial charge in [0.2, 0.25) is 5.88 Å². The van der Waals surface area contributed by atoms with Crippen LogP contribution in [0.15, 0.2) is 18.3 Å². The highest BCUT2D eigenvalue weighted by atomic mass is 32.1. The van der Waals surface area contributed by atoms with Crippen molar-refractivity contribution in [1.29, 1.82) is 0 Å². The predicted molar refractivity (Wildman–Crippen MR) is 120 cm³/mol. The van der Waals surface area contributed by atoms with E-state index >= 15 is 0 Å². The molecular weight excluding hydrogens is 432 g/mol. The summed E-state index contributed by atoms with van der Waals surface area (Å²) in [6.45, 7) is 7.35. The molecule has 1 unspecified atom stereocenters. The molecule has 0 saturated carbocycles. The van der Waals surface area contributed by atoms with Gasteiger partial charge in [-0.05, 0) is 63.6 Å². The van der Waals surface area contributed by atoms with E-state index in [0.717, 1.165) is 29.7 Å².